The number of hydrogen-bond acceptors (Lipinski definition) is 4. The molecule has 20 heavy (non-hydrogen) atoms. The van der Waals surface area contributed by atoms with E-state index < -0.39 is 11.9 Å². The molecule has 0 radical (unpaired) electrons. The number of nitrogens with zero attached hydrogens (tertiary/aromatic N) is 2. The van der Waals surface area contributed by atoms with Crippen molar-refractivity contribution in [1.82, 2.24) is 15.2 Å². The summed E-state index contributed by atoms with van der Waals surface area (Å²) in [7, 11) is 3.30. The Labute approximate surface area is 125 Å². The first-order valence-electron chi connectivity index (χ1n) is 5.67. The van der Waals surface area contributed by atoms with Crippen molar-refractivity contribution in [2.45, 2.75) is 19.6 Å². The Morgan fingerprint density at radius 1 is 1.55 bits per heavy atom. The molecule has 0 fully saturated rings. The lowest BCUT2D eigenvalue weighted by molar-refractivity contribution is -0.140. The van der Waals surface area contributed by atoms with Crippen molar-refractivity contribution in [1.29, 1.82) is 0 Å². The van der Waals surface area contributed by atoms with Gasteiger partial charge in [-0.1, -0.05) is 6.92 Å². The molecule has 116 valence electrons. The summed E-state index contributed by atoms with van der Waals surface area (Å²) in [4.78, 5) is 16.8. The zero-order valence-electron chi connectivity index (χ0n) is 11.3. The fraction of sp³-hybridized carbons (Fsp3) is 0.636. The van der Waals surface area contributed by atoms with Crippen LogP contribution in [0.25, 0.3) is 0 Å². The van der Waals surface area contributed by atoms with Gasteiger partial charge in [-0.3, -0.25) is 4.79 Å². The van der Waals surface area contributed by atoms with Gasteiger partial charge >= 0.3 is 6.18 Å². The standard InChI is InChI=1S/C11H16F3N3OS.ClH/c1-7(4-15-2)10(18)17(3)5-9-16-8(6-19-9)11(12,13)14;/h6-7,15H,4-5H2,1-3H3;1H. The topological polar surface area (TPSA) is 45.2 Å². The van der Waals surface area contributed by atoms with Crippen LogP contribution in [0.2, 0.25) is 0 Å². The van der Waals surface area contributed by atoms with Gasteiger partial charge in [0.15, 0.2) is 5.69 Å². The van der Waals surface area contributed by atoms with E-state index in [1.165, 1.54) is 4.90 Å². The van der Waals surface area contributed by atoms with E-state index in [1.54, 1.807) is 21.0 Å². The summed E-state index contributed by atoms with van der Waals surface area (Å²) in [6.45, 7) is 2.38. The smallest absolute Gasteiger partial charge is 0.339 e. The second-order valence-corrected chi connectivity index (χ2v) is 5.22. The molecule has 0 saturated heterocycles. The molecule has 0 spiro atoms. The molecule has 4 nitrogen and oxygen atoms in total. The quantitative estimate of drug-likeness (QED) is 0.901. The number of carbonyl (C=O) groups is 1. The Balaban J connectivity index is 0.00000361. The van der Waals surface area contributed by atoms with Gasteiger partial charge in [0, 0.05) is 24.9 Å². The second kappa shape index (κ2) is 7.80. The number of amides is 1. The van der Waals surface area contributed by atoms with E-state index in [0.717, 1.165) is 16.7 Å². The van der Waals surface area contributed by atoms with Crippen LogP contribution in [0.5, 0.6) is 0 Å². The summed E-state index contributed by atoms with van der Waals surface area (Å²) in [6.07, 6.45) is -4.43. The van der Waals surface area contributed by atoms with Crippen LogP contribution in [0.3, 0.4) is 0 Å². The van der Waals surface area contributed by atoms with Crippen LogP contribution in [0.4, 0.5) is 13.2 Å². The lowest BCUT2D eigenvalue weighted by Gasteiger charge is -2.20. The molecule has 0 bridgehead atoms. The maximum absolute atomic E-state index is 12.4. The van der Waals surface area contributed by atoms with E-state index in [-0.39, 0.29) is 35.8 Å². The van der Waals surface area contributed by atoms with Crippen LogP contribution in [-0.4, -0.2) is 36.4 Å². The zero-order chi connectivity index (χ0) is 14.6. The number of alkyl halides is 3. The highest BCUT2D eigenvalue weighted by molar-refractivity contribution is 7.09. The van der Waals surface area contributed by atoms with Gasteiger partial charge in [-0.05, 0) is 7.05 Å². The number of halogens is 4. The minimum atomic E-state index is -4.43. The van der Waals surface area contributed by atoms with Gasteiger partial charge < -0.3 is 10.2 Å². The van der Waals surface area contributed by atoms with E-state index in [9.17, 15) is 18.0 Å². The van der Waals surface area contributed by atoms with Gasteiger partial charge in [0.1, 0.15) is 5.01 Å². The highest BCUT2D eigenvalue weighted by Crippen LogP contribution is 2.30. The maximum Gasteiger partial charge on any atom is 0.434 e. The number of rotatable bonds is 5. The Kier molecular flexibility index (Phi) is 7.46. The molecular formula is C11H17ClF3N3OS. The Morgan fingerprint density at radius 2 is 2.15 bits per heavy atom. The minimum absolute atomic E-state index is 0. The van der Waals surface area contributed by atoms with Crippen molar-refractivity contribution in [3.05, 3.63) is 16.1 Å². The van der Waals surface area contributed by atoms with Crippen molar-refractivity contribution >= 4 is 29.7 Å². The van der Waals surface area contributed by atoms with Gasteiger partial charge in [-0.2, -0.15) is 13.2 Å². The first kappa shape index (κ1) is 19.1. The molecule has 1 aromatic rings. The third-order valence-electron chi connectivity index (χ3n) is 2.52. The van der Waals surface area contributed by atoms with Crippen LogP contribution >= 0.6 is 23.7 Å². The highest BCUT2D eigenvalue weighted by Gasteiger charge is 2.33. The number of hydrogen-bond donors (Lipinski definition) is 1. The predicted molar refractivity (Wildman–Crippen MR) is 73.9 cm³/mol. The van der Waals surface area contributed by atoms with Gasteiger partial charge in [0.2, 0.25) is 5.91 Å². The van der Waals surface area contributed by atoms with E-state index in [2.05, 4.69) is 10.3 Å². The van der Waals surface area contributed by atoms with Crippen LogP contribution in [0.15, 0.2) is 5.38 Å². The number of aromatic nitrogens is 1. The van der Waals surface area contributed by atoms with Crippen molar-refractivity contribution in [3.63, 3.8) is 0 Å². The molecule has 0 aliphatic rings. The summed E-state index contributed by atoms with van der Waals surface area (Å²) in [6, 6.07) is 0. The highest BCUT2D eigenvalue weighted by atomic mass is 35.5. The number of carbonyl (C=O) groups excluding carboxylic acids is 1. The summed E-state index contributed by atoms with van der Waals surface area (Å²) in [5.74, 6) is -0.352. The molecule has 1 amide bonds. The Morgan fingerprint density at radius 3 is 2.60 bits per heavy atom. The van der Waals surface area contributed by atoms with Crippen molar-refractivity contribution in [2.24, 2.45) is 5.92 Å². The monoisotopic (exact) mass is 331 g/mol. The molecule has 1 unspecified atom stereocenters. The first-order chi connectivity index (χ1) is 8.75. The van der Waals surface area contributed by atoms with Gasteiger partial charge in [0.25, 0.3) is 0 Å². The fourth-order valence-corrected chi connectivity index (χ4v) is 2.42. The van der Waals surface area contributed by atoms with E-state index in [0.29, 0.717) is 6.54 Å². The lowest BCUT2D eigenvalue weighted by Crippen LogP contribution is -2.35. The van der Waals surface area contributed by atoms with Gasteiger partial charge in [-0.25, -0.2) is 4.98 Å². The molecule has 1 rings (SSSR count). The number of thiazole rings is 1. The largest absolute Gasteiger partial charge is 0.434 e. The van der Waals surface area contributed by atoms with Crippen molar-refractivity contribution in [3.8, 4) is 0 Å². The van der Waals surface area contributed by atoms with Gasteiger partial charge in [0.05, 0.1) is 6.54 Å². The van der Waals surface area contributed by atoms with Crippen LogP contribution in [-0.2, 0) is 17.5 Å². The molecule has 1 N–H and O–H groups in total. The summed E-state index contributed by atoms with van der Waals surface area (Å²) < 4.78 is 37.1. The molecule has 0 aliphatic carbocycles. The van der Waals surface area contributed by atoms with Crippen LogP contribution < -0.4 is 5.32 Å². The number of nitrogens with one attached hydrogen (secondary N) is 1. The molecule has 0 saturated carbocycles. The molecule has 1 heterocycles. The Bertz CT molecular complexity index is 439. The molecule has 1 aromatic heterocycles. The predicted octanol–water partition coefficient (Wildman–Crippen LogP) is 2.40. The average Bonchev–Trinajstić information content (AvgIpc) is 2.76. The van der Waals surface area contributed by atoms with E-state index in [4.69, 9.17) is 0 Å². The average molecular weight is 332 g/mol. The third kappa shape index (κ3) is 5.26. The van der Waals surface area contributed by atoms with Gasteiger partial charge in [-0.15, -0.1) is 23.7 Å². The summed E-state index contributed by atoms with van der Waals surface area (Å²) in [5.41, 5.74) is -0.906. The molecule has 0 aliphatic heterocycles. The van der Waals surface area contributed by atoms with Crippen molar-refractivity contribution in [2.75, 3.05) is 20.6 Å². The maximum atomic E-state index is 12.4. The van der Waals surface area contributed by atoms with Crippen LogP contribution in [0, 0.1) is 5.92 Å². The fourth-order valence-electron chi connectivity index (χ4n) is 1.56. The molecule has 0 aromatic carbocycles. The lowest BCUT2D eigenvalue weighted by atomic mass is 10.1. The molecule has 9 heteroatoms. The van der Waals surface area contributed by atoms with Crippen LogP contribution in [0.1, 0.15) is 17.6 Å². The van der Waals surface area contributed by atoms with Crippen molar-refractivity contribution < 1.29 is 18.0 Å². The summed E-state index contributed by atoms with van der Waals surface area (Å²) in [5, 5.41) is 4.12. The first-order valence-corrected chi connectivity index (χ1v) is 6.54. The molecule has 1 atom stereocenters. The molecular weight excluding hydrogens is 315 g/mol. The minimum Gasteiger partial charge on any atom is -0.339 e. The SMILES string of the molecule is CNCC(C)C(=O)N(C)Cc1nc(C(F)(F)F)cs1.Cl. The zero-order valence-corrected chi connectivity index (χ0v) is 13.0. The second-order valence-electron chi connectivity index (χ2n) is 4.28. The third-order valence-corrected chi connectivity index (χ3v) is 3.36. The normalized spacial score (nSPS) is 12.7. The van der Waals surface area contributed by atoms with E-state index in [1.807, 2.05) is 0 Å². The Hall–Kier alpha value is -0.860. The summed E-state index contributed by atoms with van der Waals surface area (Å²) >= 11 is 0.907. The van der Waals surface area contributed by atoms with E-state index >= 15 is 0 Å².